The molecule has 0 amide bonds. The largest absolute Gasteiger partial charge is 1.00 e. The van der Waals surface area contributed by atoms with Crippen LogP contribution in [-0.4, -0.2) is 7.11 Å². The molecule has 0 unspecified atom stereocenters. The second-order valence-electron chi connectivity index (χ2n) is 3.75. The van der Waals surface area contributed by atoms with Crippen LogP contribution in [0, 0.1) is 0 Å². The summed E-state index contributed by atoms with van der Waals surface area (Å²) in [6, 6.07) is 16.4. The number of H-pyrrole nitrogens is 1. The summed E-state index contributed by atoms with van der Waals surface area (Å²) in [4.78, 5) is 3.43. The van der Waals surface area contributed by atoms with Gasteiger partial charge in [0.15, 0.2) is 0 Å². The Morgan fingerprint density at radius 2 is 1.72 bits per heavy atom. The molecule has 3 aromatic rings. The quantitative estimate of drug-likeness (QED) is 0.603. The van der Waals surface area contributed by atoms with Crippen molar-refractivity contribution in [2.24, 2.45) is 0 Å². The molecule has 1 heterocycles. The number of thiazole rings is 1. The van der Waals surface area contributed by atoms with Gasteiger partial charge in [0, 0.05) is 6.07 Å². The van der Waals surface area contributed by atoms with Gasteiger partial charge < -0.3 is 4.74 Å². The zero-order valence-corrected chi connectivity index (χ0v) is 11.3. The van der Waals surface area contributed by atoms with Crippen molar-refractivity contribution >= 4 is 21.6 Å². The molecule has 1 N–H and O–H groups in total. The van der Waals surface area contributed by atoms with Crippen LogP contribution in [0.2, 0.25) is 0 Å². The summed E-state index contributed by atoms with van der Waals surface area (Å²) >= 11 is 1.74. The van der Waals surface area contributed by atoms with Crippen molar-refractivity contribution in [3.8, 4) is 16.3 Å². The van der Waals surface area contributed by atoms with Gasteiger partial charge in [-0.25, -0.2) is 0 Å². The van der Waals surface area contributed by atoms with Crippen LogP contribution < -0.4 is 28.6 Å². The topological polar surface area (TPSA) is 23.4 Å². The Balaban J connectivity index is 0.00000120. The third-order valence-corrected chi connectivity index (χ3v) is 3.80. The summed E-state index contributed by atoms with van der Waals surface area (Å²) < 4.78 is 6.64. The van der Waals surface area contributed by atoms with Gasteiger partial charge in [0.25, 0.3) is 5.01 Å². The van der Waals surface area contributed by atoms with Gasteiger partial charge in [0.1, 0.15) is 10.4 Å². The number of benzene rings is 2. The van der Waals surface area contributed by atoms with Crippen LogP contribution >= 0.6 is 11.3 Å². The number of aromatic amines is 1. The summed E-state index contributed by atoms with van der Waals surface area (Å²) in [6.07, 6.45) is 0. The van der Waals surface area contributed by atoms with E-state index >= 15 is 0 Å². The maximum Gasteiger partial charge on any atom is 1.00 e. The van der Waals surface area contributed by atoms with Crippen molar-refractivity contribution < 1.29 is 28.6 Å². The number of hydrogen-bond acceptors (Lipinski definition) is 2. The van der Waals surface area contributed by atoms with E-state index in [1.165, 1.54) is 10.2 Å². The number of hydrogen-bond donors (Lipinski definition) is 0. The smallest absolute Gasteiger partial charge is 0.496 e. The van der Waals surface area contributed by atoms with Crippen LogP contribution in [0.15, 0.2) is 48.5 Å². The van der Waals surface area contributed by atoms with Gasteiger partial charge in [-0.3, -0.25) is 0 Å². The Morgan fingerprint density at radius 1 is 1.00 bits per heavy atom. The van der Waals surface area contributed by atoms with E-state index < -0.39 is 0 Å². The summed E-state index contributed by atoms with van der Waals surface area (Å²) in [7, 11) is 1.70. The van der Waals surface area contributed by atoms with E-state index in [0.717, 1.165) is 16.3 Å². The molecule has 0 spiro atoms. The Kier molecular flexibility index (Phi) is 4.08. The van der Waals surface area contributed by atoms with Crippen molar-refractivity contribution in [1.29, 1.82) is 0 Å². The Bertz CT molecular complexity index is 632. The summed E-state index contributed by atoms with van der Waals surface area (Å²) in [5, 5.41) is 1.13. The molecule has 0 saturated heterocycles. The number of ether oxygens (including phenoxy) is 1. The van der Waals surface area contributed by atoms with Crippen molar-refractivity contribution in [1.82, 2.24) is 0 Å². The summed E-state index contributed by atoms with van der Waals surface area (Å²) in [5.74, 6) is 0.898. The minimum atomic E-state index is 0. The normalized spacial score (nSPS) is 10.1. The Hall–Kier alpha value is -1.27. The number of fused-ring (bicyclic) bond motifs is 1. The first-order valence-corrected chi connectivity index (χ1v) is 6.24. The number of aromatic nitrogens is 1. The van der Waals surface area contributed by atoms with E-state index in [4.69, 9.17) is 4.74 Å². The molecule has 1 aromatic heterocycles. The monoisotopic (exact) mass is 249 g/mol. The zero-order chi connectivity index (χ0) is 11.7. The van der Waals surface area contributed by atoms with Gasteiger partial charge in [-0.15, -0.1) is 0 Å². The molecule has 84 valence electrons. The van der Waals surface area contributed by atoms with E-state index in [1.807, 2.05) is 24.3 Å². The molecule has 0 bridgehead atoms. The number of methoxy groups -OCH3 is 1. The molecular formula is C14H12LiNOS+2. The first-order valence-electron chi connectivity index (χ1n) is 5.43. The molecule has 0 aliphatic rings. The standard InChI is InChI=1S/C14H11NOS.Li/c1-16-12-8-4-2-6-10(12)14-15-11-7-3-5-9-13(11)17-14;/h2-9H,1H3;/q;+1/p+1. The van der Waals surface area contributed by atoms with Crippen molar-refractivity contribution in [3.05, 3.63) is 48.5 Å². The molecule has 4 heteroatoms. The van der Waals surface area contributed by atoms with Gasteiger partial charge in [-0.1, -0.05) is 35.6 Å². The molecule has 0 radical (unpaired) electrons. The molecule has 0 atom stereocenters. The molecular weight excluding hydrogens is 237 g/mol. The van der Waals surface area contributed by atoms with Crippen LogP contribution in [0.5, 0.6) is 5.75 Å². The molecule has 18 heavy (non-hydrogen) atoms. The van der Waals surface area contributed by atoms with Gasteiger partial charge >= 0.3 is 18.9 Å². The fraction of sp³-hybridized carbons (Fsp3) is 0.0714. The fourth-order valence-corrected chi connectivity index (χ4v) is 2.91. The maximum atomic E-state index is 5.38. The molecule has 2 nitrogen and oxygen atoms in total. The molecule has 0 aliphatic heterocycles. The molecule has 0 aliphatic carbocycles. The van der Waals surface area contributed by atoms with Crippen LogP contribution in [0.1, 0.15) is 0 Å². The summed E-state index contributed by atoms with van der Waals surface area (Å²) in [5.41, 5.74) is 2.27. The maximum absolute atomic E-state index is 5.38. The van der Waals surface area contributed by atoms with E-state index in [1.54, 1.807) is 18.4 Å². The van der Waals surface area contributed by atoms with Crippen LogP contribution in [0.25, 0.3) is 20.8 Å². The number of para-hydroxylation sites is 2. The van der Waals surface area contributed by atoms with E-state index in [-0.39, 0.29) is 18.9 Å². The van der Waals surface area contributed by atoms with Gasteiger partial charge in [-0.2, -0.15) is 4.98 Å². The predicted molar refractivity (Wildman–Crippen MR) is 70.4 cm³/mol. The van der Waals surface area contributed by atoms with E-state index in [2.05, 4.69) is 29.2 Å². The first kappa shape index (κ1) is 13.2. The zero-order valence-electron chi connectivity index (χ0n) is 10.4. The van der Waals surface area contributed by atoms with Gasteiger partial charge in [0.05, 0.1) is 12.7 Å². The molecule has 3 rings (SSSR count). The summed E-state index contributed by atoms with van der Waals surface area (Å²) in [6.45, 7) is 0. The second kappa shape index (κ2) is 5.58. The predicted octanol–water partition coefficient (Wildman–Crippen LogP) is 0.395. The number of nitrogens with one attached hydrogen (secondary N) is 1. The minimum absolute atomic E-state index is 0. The Labute approximate surface area is 122 Å². The fourth-order valence-electron chi connectivity index (χ4n) is 1.87. The molecule has 2 aromatic carbocycles. The number of rotatable bonds is 2. The SMILES string of the molecule is COc1ccccc1-c1[nH+]c2ccccc2s1.[Li+]. The average molecular weight is 249 g/mol. The minimum Gasteiger partial charge on any atom is -0.496 e. The molecule has 0 saturated carbocycles. The Morgan fingerprint density at radius 3 is 2.50 bits per heavy atom. The third kappa shape index (κ3) is 2.30. The van der Waals surface area contributed by atoms with Gasteiger partial charge in [-0.05, 0) is 18.2 Å². The van der Waals surface area contributed by atoms with Gasteiger partial charge in [0.2, 0.25) is 5.52 Å². The second-order valence-corrected chi connectivity index (χ2v) is 4.80. The van der Waals surface area contributed by atoms with E-state index in [0.29, 0.717) is 0 Å². The average Bonchev–Trinajstić information content (AvgIpc) is 2.82. The van der Waals surface area contributed by atoms with Crippen molar-refractivity contribution in [2.75, 3.05) is 7.11 Å². The van der Waals surface area contributed by atoms with Crippen LogP contribution in [-0.2, 0) is 0 Å². The van der Waals surface area contributed by atoms with Crippen molar-refractivity contribution in [3.63, 3.8) is 0 Å². The van der Waals surface area contributed by atoms with E-state index in [9.17, 15) is 0 Å². The first-order chi connectivity index (χ1) is 8.38. The van der Waals surface area contributed by atoms with Crippen molar-refractivity contribution in [2.45, 2.75) is 0 Å². The third-order valence-electron chi connectivity index (χ3n) is 2.70. The van der Waals surface area contributed by atoms with Crippen LogP contribution in [0.4, 0.5) is 0 Å². The van der Waals surface area contributed by atoms with Crippen LogP contribution in [0.3, 0.4) is 0 Å². The molecule has 0 fully saturated rings.